The molecule has 0 aliphatic heterocycles. The van der Waals surface area contributed by atoms with E-state index in [0.29, 0.717) is 0 Å². The fourth-order valence-corrected chi connectivity index (χ4v) is 3.59. The summed E-state index contributed by atoms with van der Waals surface area (Å²) in [7, 11) is 1.94. The van der Waals surface area contributed by atoms with Gasteiger partial charge in [0.05, 0.1) is 4.47 Å². The van der Waals surface area contributed by atoms with Crippen molar-refractivity contribution >= 4 is 47.8 Å². The lowest BCUT2D eigenvalue weighted by molar-refractivity contribution is 0.478. The molecular formula is C15H14Br3NO. The van der Waals surface area contributed by atoms with Crippen LogP contribution in [0.4, 0.5) is 0 Å². The van der Waals surface area contributed by atoms with Gasteiger partial charge >= 0.3 is 0 Å². The Morgan fingerprint density at radius 3 is 2.35 bits per heavy atom. The van der Waals surface area contributed by atoms with Crippen LogP contribution in [0.15, 0.2) is 49.8 Å². The molecule has 0 heterocycles. The predicted octanol–water partition coefficient (Wildman–Crippen LogP) is 6.05. The smallest absolute Gasteiger partial charge is 0.141 e. The molecule has 106 valence electrons. The number of hydrogen-bond donors (Lipinski definition) is 1. The van der Waals surface area contributed by atoms with Crippen molar-refractivity contribution in [1.82, 2.24) is 5.32 Å². The molecule has 1 N–H and O–H groups in total. The van der Waals surface area contributed by atoms with Crippen molar-refractivity contribution in [3.8, 4) is 11.5 Å². The minimum atomic E-state index is 0.290. The van der Waals surface area contributed by atoms with Gasteiger partial charge in [-0.3, -0.25) is 0 Å². The van der Waals surface area contributed by atoms with E-state index in [2.05, 4.69) is 66.1 Å². The zero-order valence-electron chi connectivity index (χ0n) is 11.1. The second-order valence-electron chi connectivity index (χ2n) is 4.37. The molecule has 2 aromatic rings. The number of halogens is 3. The average molecular weight is 464 g/mol. The zero-order chi connectivity index (χ0) is 14.7. The van der Waals surface area contributed by atoms with Crippen molar-refractivity contribution < 1.29 is 4.74 Å². The molecule has 0 aromatic heterocycles. The van der Waals surface area contributed by atoms with Crippen LogP contribution >= 0.6 is 47.8 Å². The molecule has 20 heavy (non-hydrogen) atoms. The van der Waals surface area contributed by atoms with Crippen LogP contribution < -0.4 is 10.1 Å². The van der Waals surface area contributed by atoms with Crippen molar-refractivity contribution in [3.63, 3.8) is 0 Å². The summed E-state index contributed by atoms with van der Waals surface area (Å²) >= 11 is 10.5. The SMILES string of the molecule is CNC(C)c1ccc(Oc2ccc(Br)cc2Br)cc1Br. The van der Waals surface area contributed by atoms with E-state index >= 15 is 0 Å². The maximum Gasteiger partial charge on any atom is 0.141 e. The van der Waals surface area contributed by atoms with Crippen LogP contribution in [0.3, 0.4) is 0 Å². The maximum absolute atomic E-state index is 5.90. The highest BCUT2D eigenvalue weighted by molar-refractivity contribution is 9.11. The van der Waals surface area contributed by atoms with Gasteiger partial charge < -0.3 is 10.1 Å². The lowest BCUT2D eigenvalue weighted by atomic mass is 10.1. The number of benzene rings is 2. The molecule has 2 rings (SSSR count). The van der Waals surface area contributed by atoms with E-state index in [0.717, 1.165) is 24.9 Å². The molecule has 0 spiro atoms. The van der Waals surface area contributed by atoms with Crippen LogP contribution in [-0.2, 0) is 0 Å². The van der Waals surface area contributed by atoms with E-state index in [-0.39, 0.29) is 6.04 Å². The van der Waals surface area contributed by atoms with Crippen molar-refractivity contribution in [2.24, 2.45) is 0 Å². The molecule has 0 radical (unpaired) electrons. The van der Waals surface area contributed by atoms with Gasteiger partial charge in [0.2, 0.25) is 0 Å². The van der Waals surface area contributed by atoms with Gasteiger partial charge in [-0.05, 0) is 65.8 Å². The third-order valence-corrected chi connectivity index (χ3v) is 4.79. The Morgan fingerprint density at radius 1 is 1.00 bits per heavy atom. The first kappa shape index (κ1) is 16.0. The van der Waals surface area contributed by atoms with E-state index < -0.39 is 0 Å². The van der Waals surface area contributed by atoms with E-state index in [1.54, 1.807) is 0 Å². The molecule has 0 amide bonds. The molecule has 2 nitrogen and oxygen atoms in total. The van der Waals surface area contributed by atoms with Crippen LogP contribution in [0, 0.1) is 0 Å². The lowest BCUT2D eigenvalue weighted by Gasteiger charge is -2.14. The average Bonchev–Trinajstić information content (AvgIpc) is 2.41. The molecule has 1 unspecified atom stereocenters. The Bertz CT molecular complexity index is 616. The normalized spacial score (nSPS) is 12.2. The third kappa shape index (κ3) is 3.85. The minimum Gasteiger partial charge on any atom is -0.456 e. The molecule has 0 bridgehead atoms. The minimum absolute atomic E-state index is 0.290. The van der Waals surface area contributed by atoms with Gasteiger partial charge in [-0.25, -0.2) is 0 Å². The molecule has 0 aliphatic rings. The Labute approximate surface area is 144 Å². The molecule has 5 heteroatoms. The first-order valence-corrected chi connectivity index (χ1v) is 8.48. The summed E-state index contributed by atoms with van der Waals surface area (Å²) in [5.41, 5.74) is 1.20. The molecule has 0 saturated carbocycles. The summed E-state index contributed by atoms with van der Waals surface area (Å²) in [6.07, 6.45) is 0. The number of hydrogen-bond acceptors (Lipinski definition) is 2. The highest BCUT2D eigenvalue weighted by Gasteiger charge is 2.09. The van der Waals surface area contributed by atoms with Gasteiger partial charge in [0, 0.05) is 15.0 Å². The number of nitrogens with one attached hydrogen (secondary N) is 1. The van der Waals surface area contributed by atoms with Crippen LogP contribution in [0.5, 0.6) is 11.5 Å². The van der Waals surface area contributed by atoms with Crippen molar-refractivity contribution in [2.45, 2.75) is 13.0 Å². The summed E-state index contributed by atoms with van der Waals surface area (Å²) < 4.78 is 8.85. The standard InChI is InChI=1S/C15H14Br3NO/c1-9(19-2)12-5-4-11(8-13(12)17)20-15-6-3-10(16)7-14(15)18/h3-9,19H,1-2H3. The van der Waals surface area contributed by atoms with E-state index in [1.807, 2.05) is 37.4 Å². The van der Waals surface area contributed by atoms with Gasteiger partial charge in [0.1, 0.15) is 11.5 Å². The Balaban J connectivity index is 2.24. The second kappa shape index (κ2) is 7.07. The second-order valence-corrected chi connectivity index (χ2v) is 6.99. The predicted molar refractivity (Wildman–Crippen MR) is 93.5 cm³/mol. The first-order valence-electron chi connectivity index (χ1n) is 6.11. The zero-order valence-corrected chi connectivity index (χ0v) is 15.8. The van der Waals surface area contributed by atoms with Gasteiger partial charge in [0.15, 0.2) is 0 Å². The van der Waals surface area contributed by atoms with Gasteiger partial charge in [-0.1, -0.05) is 37.9 Å². The Morgan fingerprint density at radius 2 is 1.75 bits per heavy atom. The van der Waals surface area contributed by atoms with Crippen LogP contribution in [0.2, 0.25) is 0 Å². The molecule has 0 fully saturated rings. The van der Waals surface area contributed by atoms with Crippen LogP contribution in [-0.4, -0.2) is 7.05 Å². The van der Waals surface area contributed by atoms with Crippen molar-refractivity contribution in [1.29, 1.82) is 0 Å². The molecule has 0 aliphatic carbocycles. The fourth-order valence-electron chi connectivity index (χ4n) is 1.76. The third-order valence-electron chi connectivity index (χ3n) is 2.99. The number of ether oxygens (including phenoxy) is 1. The van der Waals surface area contributed by atoms with E-state index in [9.17, 15) is 0 Å². The van der Waals surface area contributed by atoms with Gasteiger partial charge in [0.25, 0.3) is 0 Å². The van der Waals surface area contributed by atoms with Crippen LogP contribution in [0.25, 0.3) is 0 Å². The first-order chi connectivity index (χ1) is 9.51. The maximum atomic E-state index is 5.90. The summed E-state index contributed by atoms with van der Waals surface area (Å²) in [5, 5.41) is 3.22. The highest BCUT2D eigenvalue weighted by atomic mass is 79.9. The lowest BCUT2D eigenvalue weighted by Crippen LogP contribution is -2.12. The molecule has 1 atom stereocenters. The summed E-state index contributed by atoms with van der Waals surface area (Å²) in [4.78, 5) is 0. The van der Waals surface area contributed by atoms with E-state index in [1.165, 1.54) is 5.56 Å². The van der Waals surface area contributed by atoms with Gasteiger partial charge in [-0.15, -0.1) is 0 Å². The van der Waals surface area contributed by atoms with Crippen molar-refractivity contribution in [3.05, 3.63) is 55.4 Å². The summed E-state index contributed by atoms with van der Waals surface area (Å²) in [6, 6.07) is 12.1. The Hall–Kier alpha value is -0.360. The summed E-state index contributed by atoms with van der Waals surface area (Å²) in [6.45, 7) is 2.12. The monoisotopic (exact) mass is 461 g/mol. The Kier molecular flexibility index (Phi) is 5.66. The topological polar surface area (TPSA) is 21.3 Å². The van der Waals surface area contributed by atoms with E-state index in [4.69, 9.17) is 4.74 Å². The largest absolute Gasteiger partial charge is 0.456 e. The van der Waals surface area contributed by atoms with Gasteiger partial charge in [-0.2, -0.15) is 0 Å². The van der Waals surface area contributed by atoms with Crippen molar-refractivity contribution in [2.75, 3.05) is 7.05 Å². The fraction of sp³-hybridized carbons (Fsp3) is 0.200. The quantitative estimate of drug-likeness (QED) is 0.596. The highest BCUT2D eigenvalue weighted by Crippen LogP contribution is 2.34. The number of rotatable bonds is 4. The molecule has 0 saturated heterocycles. The molecule has 2 aromatic carbocycles. The molecular weight excluding hydrogens is 450 g/mol. The summed E-state index contributed by atoms with van der Waals surface area (Å²) in [5.74, 6) is 1.58. The van der Waals surface area contributed by atoms with Crippen LogP contribution in [0.1, 0.15) is 18.5 Å².